The molecule has 1 saturated carbocycles. The van der Waals surface area contributed by atoms with Gasteiger partial charge in [0, 0.05) is 24.3 Å². The van der Waals surface area contributed by atoms with Gasteiger partial charge >= 0.3 is 12.3 Å². The second kappa shape index (κ2) is 16.7. The van der Waals surface area contributed by atoms with Crippen LogP contribution in [0.2, 0.25) is 0 Å². The molecule has 2 amide bonds. The van der Waals surface area contributed by atoms with Crippen LogP contribution in [0.3, 0.4) is 0 Å². The third-order valence-electron chi connectivity index (χ3n) is 8.12. The summed E-state index contributed by atoms with van der Waals surface area (Å²) in [5.41, 5.74) is 0.669. The van der Waals surface area contributed by atoms with E-state index in [-0.39, 0.29) is 36.9 Å². The fraction of sp³-hybridized carbons (Fsp3) is 0.645. The number of nitrogens with zero attached hydrogens (tertiary/aromatic N) is 1. The third kappa shape index (κ3) is 10.4. The SMILES string of the molecule is CCCC1=CCCCC1C(C(CNC)C(=O)NC(=NC1CCC(NC(=O)OCC)CC1)Nc1cc(F)cc(F)c1)C(F)(F)F. The number of halogens is 5. The van der Waals surface area contributed by atoms with Crippen molar-refractivity contribution in [3.05, 3.63) is 41.5 Å². The van der Waals surface area contributed by atoms with Gasteiger partial charge in [0.05, 0.1) is 24.5 Å². The van der Waals surface area contributed by atoms with Crippen LogP contribution in [-0.2, 0) is 9.53 Å². The largest absolute Gasteiger partial charge is 0.450 e. The van der Waals surface area contributed by atoms with Gasteiger partial charge < -0.3 is 20.7 Å². The van der Waals surface area contributed by atoms with Crippen molar-refractivity contribution in [2.45, 2.75) is 89.9 Å². The molecule has 3 rings (SSSR count). The van der Waals surface area contributed by atoms with Crippen molar-refractivity contribution in [3.8, 4) is 0 Å². The Morgan fingerprint density at radius 2 is 1.73 bits per heavy atom. The number of guanidine groups is 1. The highest BCUT2D eigenvalue weighted by Gasteiger charge is 2.52. The first-order chi connectivity index (χ1) is 20.9. The molecular formula is C31H44F5N5O3. The molecule has 3 atom stereocenters. The summed E-state index contributed by atoms with van der Waals surface area (Å²) in [5.74, 6) is -7.11. The van der Waals surface area contributed by atoms with Gasteiger partial charge in [-0.25, -0.2) is 18.6 Å². The number of benzene rings is 1. The minimum Gasteiger partial charge on any atom is -0.450 e. The van der Waals surface area contributed by atoms with Gasteiger partial charge in [-0.2, -0.15) is 13.2 Å². The summed E-state index contributed by atoms with van der Waals surface area (Å²) < 4.78 is 77.2. The number of aliphatic imine (C=N–C) groups is 1. The highest BCUT2D eigenvalue weighted by molar-refractivity contribution is 6.05. The van der Waals surface area contributed by atoms with E-state index in [4.69, 9.17) is 4.74 Å². The van der Waals surface area contributed by atoms with Crippen LogP contribution in [0.15, 0.2) is 34.8 Å². The number of allylic oxidation sites excluding steroid dienone is 2. The molecule has 8 nitrogen and oxygen atoms in total. The summed E-state index contributed by atoms with van der Waals surface area (Å²) in [7, 11) is 1.49. The molecule has 13 heteroatoms. The lowest BCUT2D eigenvalue weighted by Crippen LogP contribution is -2.51. The number of anilines is 1. The van der Waals surface area contributed by atoms with E-state index < -0.39 is 47.6 Å². The van der Waals surface area contributed by atoms with Crippen molar-refractivity contribution in [1.82, 2.24) is 16.0 Å². The van der Waals surface area contributed by atoms with E-state index >= 15 is 0 Å². The lowest BCUT2D eigenvalue weighted by Gasteiger charge is -2.37. The Labute approximate surface area is 255 Å². The average Bonchev–Trinajstić information content (AvgIpc) is 2.93. The highest BCUT2D eigenvalue weighted by atomic mass is 19.4. The van der Waals surface area contributed by atoms with Gasteiger partial charge in [-0.1, -0.05) is 25.0 Å². The average molecular weight is 630 g/mol. The molecule has 0 aromatic heterocycles. The van der Waals surface area contributed by atoms with Crippen LogP contribution in [0, 0.1) is 29.4 Å². The summed E-state index contributed by atoms with van der Waals surface area (Å²) in [6.07, 6.45) is 1.65. The first kappa shape index (κ1) is 35.3. The van der Waals surface area contributed by atoms with Crippen LogP contribution in [0.1, 0.15) is 71.6 Å². The lowest BCUT2D eigenvalue weighted by atomic mass is 9.71. The Bertz CT molecular complexity index is 1150. The molecule has 1 aromatic rings. The summed E-state index contributed by atoms with van der Waals surface area (Å²) in [6.45, 7) is 3.61. The van der Waals surface area contributed by atoms with E-state index in [1.807, 2.05) is 13.0 Å². The summed E-state index contributed by atoms with van der Waals surface area (Å²) >= 11 is 0. The van der Waals surface area contributed by atoms with Crippen LogP contribution >= 0.6 is 0 Å². The van der Waals surface area contributed by atoms with Crippen molar-refractivity contribution >= 4 is 23.6 Å². The number of alkyl halides is 3. The first-order valence-electron chi connectivity index (χ1n) is 15.4. The Kier molecular flexibility index (Phi) is 13.4. The second-order valence-electron chi connectivity index (χ2n) is 11.4. The third-order valence-corrected chi connectivity index (χ3v) is 8.12. The van der Waals surface area contributed by atoms with Crippen LogP contribution < -0.4 is 21.3 Å². The Morgan fingerprint density at radius 3 is 2.32 bits per heavy atom. The predicted octanol–water partition coefficient (Wildman–Crippen LogP) is 6.45. The van der Waals surface area contributed by atoms with E-state index in [1.54, 1.807) is 6.92 Å². The van der Waals surface area contributed by atoms with Gasteiger partial charge in [0.2, 0.25) is 11.9 Å². The van der Waals surface area contributed by atoms with Gasteiger partial charge in [-0.3, -0.25) is 10.1 Å². The maximum atomic E-state index is 14.8. The Hall–Kier alpha value is -3.22. The minimum atomic E-state index is -4.66. The number of carbonyl (C=O) groups is 2. The number of carbonyl (C=O) groups excluding carboxylic acids is 2. The Morgan fingerprint density at radius 1 is 1.05 bits per heavy atom. The topological polar surface area (TPSA) is 104 Å². The molecule has 0 saturated heterocycles. The fourth-order valence-electron chi connectivity index (χ4n) is 6.23. The molecule has 1 aromatic carbocycles. The van der Waals surface area contributed by atoms with Crippen LogP contribution in [0.25, 0.3) is 0 Å². The van der Waals surface area contributed by atoms with Gasteiger partial charge in [-0.15, -0.1) is 0 Å². The predicted molar refractivity (Wildman–Crippen MR) is 159 cm³/mol. The van der Waals surface area contributed by atoms with Crippen molar-refractivity contribution < 1.29 is 36.3 Å². The number of rotatable bonds is 11. The van der Waals surface area contributed by atoms with Crippen molar-refractivity contribution in [2.24, 2.45) is 22.7 Å². The number of amides is 2. The first-order valence-corrected chi connectivity index (χ1v) is 15.4. The van der Waals surface area contributed by atoms with E-state index in [0.717, 1.165) is 17.7 Å². The van der Waals surface area contributed by atoms with Gasteiger partial charge in [-0.05, 0) is 83.4 Å². The van der Waals surface area contributed by atoms with Crippen molar-refractivity contribution in [1.29, 1.82) is 0 Å². The zero-order chi connectivity index (χ0) is 32.3. The normalized spacial score (nSPS) is 22.4. The number of hydrogen-bond acceptors (Lipinski definition) is 5. The summed E-state index contributed by atoms with van der Waals surface area (Å²) in [6, 6.07) is 2.17. The van der Waals surface area contributed by atoms with Crippen LogP contribution in [0.4, 0.5) is 32.4 Å². The fourth-order valence-corrected chi connectivity index (χ4v) is 6.23. The van der Waals surface area contributed by atoms with Crippen LogP contribution in [0.5, 0.6) is 0 Å². The van der Waals surface area contributed by atoms with Gasteiger partial charge in [0.1, 0.15) is 11.6 Å². The molecule has 4 N–H and O–H groups in total. The number of nitrogens with one attached hydrogen (secondary N) is 4. The molecular weight excluding hydrogens is 585 g/mol. The van der Waals surface area contributed by atoms with E-state index in [1.165, 1.54) is 7.05 Å². The van der Waals surface area contributed by atoms with Gasteiger partial charge in [0.25, 0.3) is 0 Å². The molecule has 246 valence electrons. The minimum absolute atomic E-state index is 0.0582. The van der Waals surface area contributed by atoms with Crippen LogP contribution in [-0.4, -0.2) is 56.4 Å². The monoisotopic (exact) mass is 629 g/mol. The van der Waals surface area contributed by atoms with E-state index in [0.29, 0.717) is 63.9 Å². The van der Waals surface area contributed by atoms with E-state index in [2.05, 4.69) is 26.3 Å². The number of ether oxygens (including phenoxy) is 1. The lowest BCUT2D eigenvalue weighted by molar-refractivity contribution is -0.202. The quantitative estimate of drug-likeness (QED) is 0.0976. The number of hydrogen-bond donors (Lipinski definition) is 4. The Balaban J connectivity index is 1.88. The molecule has 0 spiro atoms. The summed E-state index contributed by atoms with van der Waals surface area (Å²) in [4.78, 5) is 30.1. The molecule has 0 aliphatic heterocycles. The molecule has 1 fully saturated rings. The smallest absolute Gasteiger partial charge is 0.407 e. The summed E-state index contributed by atoms with van der Waals surface area (Å²) in [5, 5.41) is 10.8. The zero-order valence-corrected chi connectivity index (χ0v) is 25.5. The highest BCUT2D eigenvalue weighted by Crippen LogP contribution is 2.45. The van der Waals surface area contributed by atoms with Gasteiger partial charge in [0.15, 0.2) is 0 Å². The molecule has 0 heterocycles. The van der Waals surface area contributed by atoms with Crippen molar-refractivity contribution in [2.75, 3.05) is 25.5 Å². The second-order valence-corrected chi connectivity index (χ2v) is 11.4. The maximum Gasteiger partial charge on any atom is 0.407 e. The van der Waals surface area contributed by atoms with E-state index in [9.17, 15) is 31.5 Å². The molecule has 0 bridgehead atoms. The molecule has 2 aliphatic rings. The standard InChI is InChI=1S/C31H44F5N5O3/c1-4-8-19-9-6-7-10-25(19)27(31(34,35)36)26(18-37-3)28(42)41-29(39-24-16-20(32)15-21(33)17-24)38-22-11-13-23(14-12-22)40-30(43)44-5-2/h9,15-17,22-23,25-27,37H,4-8,10-14,18H2,1-3H3,(H,40,43)(H2,38,39,41,42). The zero-order valence-electron chi connectivity index (χ0n) is 25.5. The molecule has 0 radical (unpaired) electrons. The molecule has 44 heavy (non-hydrogen) atoms. The molecule has 2 aliphatic carbocycles. The van der Waals surface area contributed by atoms with Crippen molar-refractivity contribution in [3.63, 3.8) is 0 Å². The number of alkyl carbamates (subject to hydrolysis) is 1. The molecule has 3 unspecified atom stereocenters. The maximum absolute atomic E-state index is 14.8.